The van der Waals surface area contributed by atoms with Gasteiger partial charge >= 0.3 is 6.09 Å². The summed E-state index contributed by atoms with van der Waals surface area (Å²) in [7, 11) is 0. The molecule has 1 saturated heterocycles. The number of fused-ring (bicyclic) bond motifs is 1. The molecule has 1 aromatic rings. The maximum atomic E-state index is 12.2. The quantitative estimate of drug-likeness (QED) is 0.687. The molecule has 1 fully saturated rings. The number of amides is 1. The molecule has 1 unspecified atom stereocenters. The van der Waals surface area contributed by atoms with Gasteiger partial charge in [0.15, 0.2) is 5.96 Å². The number of pyridine rings is 1. The Labute approximate surface area is 165 Å². The molecule has 0 radical (unpaired) electrons. The SMILES string of the molecule is CC(C)(C)OC(=O)N1CCN2C(NCc3cccnc3)=NCC2C1.I. The van der Waals surface area contributed by atoms with Gasteiger partial charge in [0.2, 0.25) is 0 Å². The largest absolute Gasteiger partial charge is 0.444 e. The monoisotopic (exact) mass is 459 g/mol. The predicted octanol–water partition coefficient (Wildman–Crippen LogP) is 2.08. The molecule has 8 heteroatoms. The van der Waals surface area contributed by atoms with Gasteiger partial charge in [0, 0.05) is 38.6 Å². The van der Waals surface area contributed by atoms with Gasteiger partial charge in [-0.3, -0.25) is 9.98 Å². The van der Waals surface area contributed by atoms with E-state index in [2.05, 4.69) is 20.2 Å². The van der Waals surface area contributed by atoms with Gasteiger partial charge in [0.1, 0.15) is 5.60 Å². The summed E-state index contributed by atoms with van der Waals surface area (Å²) in [6, 6.07) is 4.19. The molecule has 1 aromatic heterocycles. The number of hydrogen-bond acceptors (Lipinski definition) is 6. The molecule has 0 saturated carbocycles. The molecule has 7 nitrogen and oxygen atoms in total. The number of carbonyl (C=O) groups excluding carboxylic acids is 1. The van der Waals surface area contributed by atoms with Crippen molar-refractivity contribution in [1.82, 2.24) is 20.1 Å². The molecule has 0 aliphatic carbocycles. The number of halogens is 1. The highest BCUT2D eigenvalue weighted by Crippen LogP contribution is 2.18. The molecular weight excluding hydrogens is 433 g/mol. The van der Waals surface area contributed by atoms with Crippen molar-refractivity contribution in [3.63, 3.8) is 0 Å². The van der Waals surface area contributed by atoms with E-state index in [1.54, 1.807) is 11.1 Å². The van der Waals surface area contributed by atoms with Crippen molar-refractivity contribution < 1.29 is 9.53 Å². The molecular formula is C17H26IN5O2. The number of nitrogens with one attached hydrogen (secondary N) is 1. The average Bonchev–Trinajstić information content (AvgIpc) is 2.94. The normalized spacial score (nSPS) is 19.6. The van der Waals surface area contributed by atoms with Crippen LogP contribution in [0.4, 0.5) is 4.79 Å². The minimum absolute atomic E-state index is 0. The van der Waals surface area contributed by atoms with Crippen LogP contribution in [0.2, 0.25) is 0 Å². The smallest absolute Gasteiger partial charge is 0.410 e. The van der Waals surface area contributed by atoms with E-state index in [9.17, 15) is 4.79 Å². The molecule has 3 heterocycles. The van der Waals surface area contributed by atoms with Crippen molar-refractivity contribution in [3.05, 3.63) is 30.1 Å². The molecule has 0 bridgehead atoms. The van der Waals surface area contributed by atoms with Crippen LogP contribution in [0, 0.1) is 0 Å². The van der Waals surface area contributed by atoms with Gasteiger partial charge < -0.3 is 19.9 Å². The van der Waals surface area contributed by atoms with Crippen LogP contribution in [0.5, 0.6) is 0 Å². The number of aromatic nitrogens is 1. The van der Waals surface area contributed by atoms with E-state index in [4.69, 9.17) is 4.74 Å². The Kier molecular flexibility index (Phi) is 6.47. The minimum atomic E-state index is -0.461. The van der Waals surface area contributed by atoms with Crippen LogP contribution in [0.25, 0.3) is 0 Å². The molecule has 138 valence electrons. The van der Waals surface area contributed by atoms with Gasteiger partial charge in [-0.1, -0.05) is 6.07 Å². The zero-order chi connectivity index (χ0) is 17.2. The summed E-state index contributed by atoms with van der Waals surface area (Å²) in [5.41, 5.74) is 0.660. The van der Waals surface area contributed by atoms with Crippen LogP contribution < -0.4 is 5.32 Å². The van der Waals surface area contributed by atoms with Crippen molar-refractivity contribution in [2.45, 2.75) is 39.0 Å². The summed E-state index contributed by atoms with van der Waals surface area (Å²) in [4.78, 5) is 25.0. The van der Waals surface area contributed by atoms with E-state index in [1.165, 1.54) is 0 Å². The lowest BCUT2D eigenvalue weighted by Gasteiger charge is -2.39. The first-order valence-electron chi connectivity index (χ1n) is 8.34. The highest BCUT2D eigenvalue weighted by atomic mass is 127. The van der Waals surface area contributed by atoms with E-state index in [0.29, 0.717) is 26.2 Å². The third kappa shape index (κ3) is 5.20. The number of aliphatic imine (C=N–C) groups is 1. The molecule has 0 spiro atoms. The molecule has 1 N–H and O–H groups in total. The lowest BCUT2D eigenvalue weighted by atomic mass is 10.2. The van der Waals surface area contributed by atoms with Crippen molar-refractivity contribution in [2.24, 2.45) is 4.99 Å². The summed E-state index contributed by atoms with van der Waals surface area (Å²) in [5, 5.41) is 3.38. The molecule has 1 amide bonds. The number of hydrogen-bond donors (Lipinski definition) is 1. The molecule has 3 rings (SSSR count). The summed E-state index contributed by atoms with van der Waals surface area (Å²) in [6.45, 7) is 9.14. The highest BCUT2D eigenvalue weighted by molar-refractivity contribution is 14.0. The highest BCUT2D eigenvalue weighted by Gasteiger charge is 2.36. The Morgan fingerprint density at radius 2 is 2.20 bits per heavy atom. The number of rotatable bonds is 2. The Morgan fingerprint density at radius 3 is 2.88 bits per heavy atom. The van der Waals surface area contributed by atoms with Crippen LogP contribution in [0.1, 0.15) is 26.3 Å². The Balaban J connectivity index is 0.00000225. The van der Waals surface area contributed by atoms with Gasteiger partial charge in [-0.15, -0.1) is 24.0 Å². The number of guanidine groups is 1. The Morgan fingerprint density at radius 1 is 1.40 bits per heavy atom. The fourth-order valence-corrected chi connectivity index (χ4v) is 2.91. The van der Waals surface area contributed by atoms with Crippen LogP contribution in [-0.2, 0) is 11.3 Å². The second kappa shape index (κ2) is 8.20. The average molecular weight is 459 g/mol. The molecule has 1 atom stereocenters. The zero-order valence-electron chi connectivity index (χ0n) is 14.9. The van der Waals surface area contributed by atoms with E-state index < -0.39 is 5.60 Å². The second-order valence-corrected chi connectivity index (χ2v) is 7.15. The zero-order valence-corrected chi connectivity index (χ0v) is 17.3. The third-order valence-electron chi connectivity index (χ3n) is 4.03. The van der Waals surface area contributed by atoms with Gasteiger partial charge in [0.25, 0.3) is 0 Å². The second-order valence-electron chi connectivity index (χ2n) is 7.15. The molecule has 25 heavy (non-hydrogen) atoms. The fourth-order valence-electron chi connectivity index (χ4n) is 2.91. The van der Waals surface area contributed by atoms with Gasteiger partial charge in [-0.2, -0.15) is 0 Å². The van der Waals surface area contributed by atoms with E-state index in [0.717, 1.165) is 18.1 Å². The fraction of sp³-hybridized carbons (Fsp3) is 0.588. The van der Waals surface area contributed by atoms with Gasteiger partial charge in [0.05, 0.1) is 12.6 Å². The third-order valence-corrected chi connectivity index (χ3v) is 4.03. The van der Waals surface area contributed by atoms with Crippen molar-refractivity contribution >= 4 is 36.0 Å². The molecule has 2 aliphatic rings. The maximum Gasteiger partial charge on any atom is 0.410 e. The standard InChI is InChI=1S/C17H25N5O2.HI/c1-17(2,3)24-16(23)21-7-8-22-14(12-21)11-20-15(22)19-10-13-5-4-6-18-9-13;/h4-6,9,14H,7-8,10-12H2,1-3H3,(H,19,20);1H. The minimum Gasteiger partial charge on any atom is -0.444 e. The number of nitrogens with zero attached hydrogens (tertiary/aromatic N) is 4. The first-order valence-corrected chi connectivity index (χ1v) is 8.34. The van der Waals surface area contributed by atoms with Crippen molar-refractivity contribution in [3.8, 4) is 0 Å². The topological polar surface area (TPSA) is 70.1 Å². The summed E-state index contributed by atoms with van der Waals surface area (Å²) >= 11 is 0. The summed E-state index contributed by atoms with van der Waals surface area (Å²) in [5.74, 6) is 0.910. The number of carbonyl (C=O) groups is 1. The van der Waals surface area contributed by atoms with E-state index in [1.807, 2.05) is 39.1 Å². The van der Waals surface area contributed by atoms with Crippen LogP contribution >= 0.6 is 24.0 Å². The van der Waals surface area contributed by atoms with Crippen LogP contribution in [-0.4, -0.2) is 64.7 Å². The van der Waals surface area contributed by atoms with Gasteiger partial charge in [-0.25, -0.2) is 4.79 Å². The summed E-state index contributed by atoms with van der Waals surface area (Å²) in [6.07, 6.45) is 3.38. The Bertz CT molecular complexity index is 617. The molecule has 2 aliphatic heterocycles. The number of ether oxygens (including phenoxy) is 1. The maximum absolute atomic E-state index is 12.2. The Hall–Kier alpha value is -1.58. The van der Waals surface area contributed by atoms with Gasteiger partial charge in [-0.05, 0) is 32.4 Å². The number of piperazine rings is 1. The molecule has 0 aromatic carbocycles. The van der Waals surface area contributed by atoms with E-state index in [-0.39, 0.29) is 36.1 Å². The van der Waals surface area contributed by atoms with Crippen LogP contribution in [0.15, 0.2) is 29.5 Å². The predicted molar refractivity (Wildman–Crippen MR) is 107 cm³/mol. The first-order chi connectivity index (χ1) is 11.4. The lowest BCUT2D eigenvalue weighted by Crippen LogP contribution is -2.57. The van der Waals surface area contributed by atoms with Crippen molar-refractivity contribution in [2.75, 3.05) is 26.2 Å². The lowest BCUT2D eigenvalue weighted by molar-refractivity contribution is 0.0137. The first kappa shape index (κ1) is 19.7. The van der Waals surface area contributed by atoms with Crippen molar-refractivity contribution in [1.29, 1.82) is 0 Å². The van der Waals surface area contributed by atoms with E-state index >= 15 is 0 Å². The van der Waals surface area contributed by atoms with Crippen LogP contribution in [0.3, 0.4) is 0 Å². The summed E-state index contributed by atoms with van der Waals surface area (Å²) < 4.78 is 5.47.